The van der Waals surface area contributed by atoms with Gasteiger partial charge in [-0.15, -0.1) is 11.3 Å². The lowest BCUT2D eigenvalue weighted by Gasteiger charge is -2.08. The summed E-state index contributed by atoms with van der Waals surface area (Å²) in [7, 11) is 0. The van der Waals surface area contributed by atoms with Crippen molar-refractivity contribution < 1.29 is 4.79 Å². The zero-order valence-corrected chi connectivity index (χ0v) is 14.7. The minimum atomic E-state index is -0.190. The van der Waals surface area contributed by atoms with Crippen LogP contribution in [0.1, 0.15) is 40.6 Å². The Morgan fingerprint density at radius 1 is 1.12 bits per heavy atom. The van der Waals surface area contributed by atoms with Gasteiger partial charge in [-0.25, -0.2) is 4.98 Å². The Hall–Kier alpha value is -2.53. The van der Waals surface area contributed by atoms with E-state index in [1.165, 1.54) is 5.56 Å². The molecule has 2 aromatic heterocycles. The van der Waals surface area contributed by atoms with Gasteiger partial charge in [-0.05, 0) is 24.5 Å². The number of rotatable bonds is 4. The Balaban J connectivity index is 1.84. The van der Waals surface area contributed by atoms with Gasteiger partial charge in [-0.3, -0.25) is 9.78 Å². The molecular weight excluding hydrogens is 318 g/mol. The highest BCUT2D eigenvalue weighted by Gasteiger charge is 2.14. The first-order valence-corrected chi connectivity index (χ1v) is 8.69. The van der Waals surface area contributed by atoms with Crippen LogP contribution in [-0.4, -0.2) is 15.9 Å². The van der Waals surface area contributed by atoms with Gasteiger partial charge in [0.05, 0.1) is 16.0 Å². The van der Waals surface area contributed by atoms with Crippen molar-refractivity contribution in [2.45, 2.75) is 26.7 Å². The molecule has 1 N–H and O–H groups in total. The van der Waals surface area contributed by atoms with Crippen molar-refractivity contribution in [1.29, 1.82) is 0 Å². The number of hydrogen-bond acceptors (Lipinski definition) is 4. The molecule has 3 aromatic rings. The van der Waals surface area contributed by atoms with Gasteiger partial charge >= 0.3 is 0 Å². The second kappa shape index (κ2) is 6.93. The van der Waals surface area contributed by atoms with Crippen LogP contribution in [0, 0.1) is 6.92 Å². The van der Waals surface area contributed by atoms with E-state index in [2.05, 4.69) is 29.1 Å². The van der Waals surface area contributed by atoms with Gasteiger partial charge in [-0.1, -0.05) is 43.7 Å². The number of aryl methyl sites for hydroxylation is 1. The van der Waals surface area contributed by atoms with Gasteiger partial charge in [-0.2, -0.15) is 0 Å². The number of aromatic nitrogens is 2. The lowest BCUT2D eigenvalue weighted by atomic mass is 10.0. The van der Waals surface area contributed by atoms with E-state index in [0.717, 1.165) is 16.0 Å². The van der Waals surface area contributed by atoms with Crippen molar-refractivity contribution in [2.75, 3.05) is 5.32 Å². The van der Waals surface area contributed by atoms with Crippen LogP contribution < -0.4 is 5.32 Å². The van der Waals surface area contributed by atoms with Crippen molar-refractivity contribution in [2.24, 2.45) is 0 Å². The number of benzene rings is 1. The number of anilines is 1. The summed E-state index contributed by atoms with van der Waals surface area (Å²) < 4.78 is 0. The molecule has 1 aromatic carbocycles. The molecule has 0 unspecified atom stereocenters. The van der Waals surface area contributed by atoms with Crippen molar-refractivity contribution >= 4 is 23.1 Å². The lowest BCUT2D eigenvalue weighted by molar-refractivity contribution is 0.102. The van der Waals surface area contributed by atoms with E-state index in [1.54, 1.807) is 29.2 Å². The van der Waals surface area contributed by atoms with Gasteiger partial charge in [0.25, 0.3) is 5.91 Å². The van der Waals surface area contributed by atoms with Crippen LogP contribution >= 0.6 is 11.3 Å². The molecule has 4 nitrogen and oxygen atoms in total. The zero-order valence-electron chi connectivity index (χ0n) is 13.9. The van der Waals surface area contributed by atoms with Crippen LogP contribution in [0.25, 0.3) is 11.1 Å². The highest BCUT2D eigenvalue weighted by atomic mass is 32.1. The maximum Gasteiger partial charge on any atom is 0.258 e. The largest absolute Gasteiger partial charge is 0.306 e. The topological polar surface area (TPSA) is 54.9 Å². The molecule has 0 radical (unpaired) electrons. The number of amides is 1. The third-order valence-electron chi connectivity index (χ3n) is 3.74. The second-order valence-corrected chi connectivity index (χ2v) is 6.89. The molecule has 0 saturated heterocycles. The quantitative estimate of drug-likeness (QED) is 0.737. The van der Waals surface area contributed by atoms with Gasteiger partial charge in [0.1, 0.15) is 5.82 Å². The van der Waals surface area contributed by atoms with E-state index in [9.17, 15) is 4.79 Å². The van der Waals surface area contributed by atoms with Crippen LogP contribution in [0.15, 0.2) is 48.2 Å². The number of carbonyl (C=O) groups excluding carboxylic acids is 1. The first-order chi connectivity index (χ1) is 11.5. The van der Waals surface area contributed by atoms with Crippen LogP contribution in [0.2, 0.25) is 0 Å². The average Bonchev–Trinajstić information content (AvgIpc) is 3.04. The minimum absolute atomic E-state index is 0.190. The molecule has 0 aliphatic carbocycles. The van der Waals surface area contributed by atoms with E-state index in [1.807, 2.05) is 37.3 Å². The maximum absolute atomic E-state index is 12.5. The molecule has 0 aliphatic heterocycles. The fraction of sp³-hybridized carbons (Fsp3) is 0.211. The standard InChI is InChI=1S/C19H19N3OS/c1-12(2)17-18(21-11-24-17)22-19(23)16-8-15(9-20-10-16)14-6-4-13(3)5-7-14/h4-12H,1-3H3,(H,22,23). The van der Waals surface area contributed by atoms with Gasteiger partial charge in [0.2, 0.25) is 0 Å². The fourth-order valence-electron chi connectivity index (χ4n) is 2.41. The molecule has 2 heterocycles. The highest BCUT2D eigenvalue weighted by molar-refractivity contribution is 7.10. The lowest BCUT2D eigenvalue weighted by Crippen LogP contribution is -2.14. The molecule has 122 valence electrons. The molecule has 0 atom stereocenters. The summed E-state index contributed by atoms with van der Waals surface area (Å²) in [4.78, 5) is 22.1. The van der Waals surface area contributed by atoms with Gasteiger partial charge in [0.15, 0.2) is 0 Å². The molecule has 5 heteroatoms. The molecule has 3 rings (SSSR count). The number of nitrogens with zero attached hydrogens (tertiary/aromatic N) is 2. The first-order valence-electron chi connectivity index (χ1n) is 7.81. The van der Waals surface area contributed by atoms with E-state index in [0.29, 0.717) is 17.3 Å². The van der Waals surface area contributed by atoms with E-state index in [-0.39, 0.29) is 5.91 Å². The summed E-state index contributed by atoms with van der Waals surface area (Å²) in [6, 6.07) is 10.0. The van der Waals surface area contributed by atoms with Crippen molar-refractivity contribution in [1.82, 2.24) is 9.97 Å². The Labute approximate surface area is 145 Å². The van der Waals surface area contributed by atoms with Crippen LogP contribution in [0.3, 0.4) is 0 Å². The normalized spacial score (nSPS) is 10.8. The van der Waals surface area contributed by atoms with Crippen molar-refractivity contribution in [3.05, 3.63) is 64.2 Å². The molecule has 1 amide bonds. The number of pyridine rings is 1. The van der Waals surface area contributed by atoms with Crippen molar-refractivity contribution in [3.63, 3.8) is 0 Å². The third kappa shape index (κ3) is 3.51. The zero-order chi connectivity index (χ0) is 17.1. The summed E-state index contributed by atoms with van der Waals surface area (Å²) >= 11 is 1.55. The Kier molecular flexibility index (Phi) is 4.71. The maximum atomic E-state index is 12.5. The number of hydrogen-bond donors (Lipinski definition) is 1. The van der Waals surface area contributed by atoms with Crippen LogP contribution in [-0.2, 0) is 0 Å². The van der Waals surface area contributed by atoms with Gasteiger partial charge in [0, 0.05) is 18.0 Å². The fourth-order valence-corrected chi connectivity index (χ4v) is 3.17. The minimum Gasteiger partial charge on any atom is -0.306 e. The average molecular weight is 337 g/mol. The molecule has 0 fully saturated rings. The Bertz CT molecular complexity index is 853. The van der Waals surface area contributed by atoms with Crippen molar-refractivity contribution in [3.8, 4) is 11.1 Å². The number of thiazole rings is 1. The highest BCUT2D eigenvalue weighted by Crippen LogP contribution is 2.28. The smallest absolute Gasteiger partial charge is 0.258 e. The SMILES string of the molecule is Cc1ccc(-c2cncc(C(=O)Nc3ncsc3C(C)C)c2)cc1. The van der Waals surface area contributed by atoms with Crippen LogP contribution in [0.4, 0.5) is 5.82 Å². The predicted octanol–water partition coefficient (Wildman–Crippen LogP) is 4.89. The molecule has 0 bridgehead atoms. The van der Waals surface area contributed by atoms with E-state index in [4.69, 9.17) is 0 Å². The second-order valence-electron chi connectivity index (χ2n) is 6.00. The van der Waals surface area contributed by atoms with Gasteiger partial charge < -0.3 is 5.32 Å². The summed E-state index contributed by atoms with van der Waals surface area (Å²) in [6.07, 6.45) is 3.35. The van der Waals surface area contributed by atoms with E-state index >= 15 is 0 Å². The summed E-state index contributed by atoms with van der Waals surface area (Å²) in [5.41, 5.74) is 5.44. The third-order valence-corrected chi connectivity index (χ3v) is 4.87. The Morgan fingerprint density at radius 3 is 2.58 bits per heavy atom. The molecule has 24 heavy (non-hydrogen) atoms. The molecular formula is C19H19N3OS. The summed E-state index contributed by atoms with van der Waals surface area (Å²) in [5, 5.41) is 2.90. The first kappa shape index (κ1) is 16.3. The molecule has 0 aliphatic rings. The van der Waals surface area contributed by atoms with Crippen LogP contribution in [0.5, 0.6) is 0 Å². The van der Waals surface area contributed by atoms with E-state index < -0.39 is 0 Å². The number of nitrogens with one attached hydrogen (secondary N) is 1. The summed E-state index contributed by atoms with van der Waals surface area (Å²) in [5.74, 6) is 0.773. The molecule has 0 saturated carbocycles. The predicted molar refractivity (Wildman–Crippen MR) is 98.6 cm³/mol. The molecule has 0 spiro atoms. The summed E-state index contributed by atoms with van der Waals surface area (Å²) in [6.45, 7) is 6.22. The monoisotopic (exact) mass is 337 g/mol. The number of carbonyl (C=O) groups is 1. The Morgan fingerprint density at radius 2 is 1.88 bits per heavy atom.